The van der Waals surface area contributed by atoms with Crippen LogP contribution in [0.3, 0.4) is 0 Å². The molecule has 0 aliphatic heterocycles. The van der Waals surface area contributed by atoms with Crippen LogP contribution < -0.4 is 5.73 Å². The van der Waals surface area contributed by atoms with Gasteiger partial charge in [-0.25, -0.2) is 0 Å². The molecule has 20 heavy (non-hydrogen) atoms. The second-order valence-electron chi connectivity index (χ2n) is 6.01. The first kappa shape index (κ1) is 17.9. The van der Waals surface area contributed by atoms with E-state index in [1.807, 2.05) is 13.8 Å². The van der Waals surface area contributed by atoms with Crippen molar-refractivity contribution in [2.24, 2.45) is 11.7 Å². The molecule has 2 unspecified atom stereocenters. The van der Waals surface area contributed by atoms with Gasteiger partial charge < -0.3 is 15.2 Å². The average Bonchev–Trinajstić information content (AvgIpc) is 2.46. The monoisotopic (exact) mass is 286 g/mol. The van der Waals surface area contributed by atoms with Gasteiger partial charge in [0.1, 0.15) is 0 Å². The fraction of sp³-hybridized carbons (Fsp3) is 1.00. The van der Waals surface area contributed by atoms with E-state index >= 15 is 0 Å². The Morgan fingerprint density at radius 2 is 1.75 bits per heavy atom. The molecule has 0 aromatic rings. The van der Waals surface area contributed by atoms with Crippen LogP contribution in [-0.4, -0.2) is 56.5 Å². The lowest BCUT2D eigenvalue weighted by Gasteiger charge is -2.48. The van der Waals surface area contributed by atoms with Gasteiger partial charge in [-0.2, -0.15) is 0 Å². The Morgan fingerprint density at radius 3 is 2.20 bits per heavy atom. The van der Waals surface area contributed by atoms with Gasteiger partial charge >= 0.3 is 0 Å². The van der Waals surface area contributed by atoms with Crippen LogP contribution in [0.4, 0.5) is 0 Å². The van der Waals surface area contributed by atoms with E-state index in [4.69, 9.17) is 15.2 Å². The molecule has 0 bridgehead atoms. The predicted octanol–water partition coefficient (Wildman–Crippen LogP) is 2.27. The molecule has 0 spiro atoms. The molecule has 0 radical (unpaired) electrons. The summed E-state index contributed by atoms with van der Waals surface area (Å²) in [6, 6.07) is 0. The first-order chi connectivity index (χ1) is 9.68. The van der Waals surface area contributed by atoms with E-state index in [1.54, 1.807) is 0 Å². The molecule has 1 aliphatic carbocycles. The molecule has 0 saturated heterocycles. The molecular formula is C16H34N2O2. The van der Waals surface area contributed by atoms with Crippen molar-refractivity contribution in [2.75, 3.05) is 46.1 Å². The van der Waals surface area contributed by atoms with Crippen molar-refractivity contribution >= 4 is 0 Å². The van der Waals surface area contributed by atoms with Crippen LogP contribution in [0.1, 0.15) is 46.5 Å². The average molecular weight is 286 g/mol. The maximum atomic E-state index is 6.19. The second kappa shape index (κ2) is 9.72. The Balaban J connectivity index is 2.64. The molecule has 0 heterocycles. The second-order valence-corrected chi connectivity index (χ2v) is 6.01. The molecule has 0 aromatic heterocycles. The van der Waals surface area contributed by atoms with Crippen LogP contribution >= 0.6 is 0 Å². The Bertz CT molecular complexity index is 241. The van der Waals surface area contributed by atoms with Crippen LogP contribution in [-0.2, 0) is 9.47 Å². The standard InChI is InChI=1S/C16H34N2O2/c1-4-19-11-9-18(10-12-20-5-2)16(14-17)8-6-7-15(3)13-16/h15H,4-14,17H2,1-3H3. The topological polar surface area (TPSA) is 47.7 Å². The first-order valence-corrected chi connectivity index (χ1v) is 8.29. The van der Waals surface area contributed by atoms with Gasteiger partial charge in [0.2, 0.25) is 0 Å². The maximum Gasteiger partial charge on any atom is 0.0593 e. The highest BCUT2D eigenvalue weighted by Crippen LogP contribution is 2.36. The first-order valence-electron chi connectivity index (χ1n) is 8.29. The van der Waals surface area contributed by atoms with Gasteiger partial charge in [-0.3, -0.25) is 4.90 Å². The van der Waals surface area contributed by atoms with Gasteiger partial charge in [-0.15, -0.1) is 0 Å². The van der Waals surface area contributed by atoms with E-state index in [9.17, 15) is 0 Å². The number of nitrogens with two attached hydrogens (primary N) is 1. The molecule has 2 N–H and O–H groups in total. The number of ether oxygens (including phenoxy) is 2. The van der Waals surface area contributed by atoms with Crippen molar-refractivity contribution in [1.29, 1.82) is 0 Å². The van der Waals surface area contributed by atoms with Gasteiger partial charge in [-0.05, 0) is 32.6 Å². The van der Waals surface area contributed by atoms with Crippen LogP contribution in [0.5, 0.6) is 0 Å². The fourth-order valence-corrected chi connectivity index (χ4v) is 3.46. The largest absolute Gasteiger partial charge is 0.380 e. The molecule has 120 valence electrons. The smallest absolute Gasteiger partial charge is 0.0593 e. The number of rotatable bonds is 10. The molecule has 0 aromatic carbocycles. The van der Waals surface area contributed by atoms with Crippen LogP contribution in [0, 0.1) is 5.92 Å². The molecule has 1 aliphatic rings. The Kier molecular flexibility index (Phi) is 8.69. The zero-order chi connectivity index (χ0) is 14.8. The Morgan fingerprint density at radius 1 is 1.15 bits per heavy atom. The lowest BCUT2D eigenvalue weighted by molar-refractivity contribution is -0.00520. The van der Waals surface area contributed by atoms with Gasteiger partial charge in [0.15, 0.2) is 0 Å². The summed E-state index contributed by atoms with van der Waals surface area (Å²) in [4.78, 5) is 2.54. The lowest BCUT2D eigenvalue weighted by atomic mass is 9.75. The van der Waals surface area contributed by atoms with E-state index in [-0.39, 0.29) is 5.54 Å². The van der Waals surface area contributed by atoms with Gasteiger partial charge in [0.05, 0.1) is 13.2 Å². The summed E-state index contributed by atoms with van der Waals surface area (Å²) in [6.07, 6.45) is 5.05. The van der Waals surface area contributed by atoms with Crippen LogP contribution in [0.2, 0.25) is 0 Å². The molecule has 4 nitrogen and oxygen atoms in total. The van der Waals surface area contributed by atoms with E-state index in [0.717, 1.165) is 52.0 Å². The molecule has 2 atom stereocenters. The predicted molar refractivity (Wildman–Crippen MR) is 84.0 cm³/mol. The maximum absolute atomic E-state index is 6.19. The summed E-state index contributed by atoms with van der Waals surface area (Å²) in [5.41, 5.74) is 6.35. The van der Waals surface area contributed by atoms with Gasteiger partial charge in [0, 0.05) is 38.4 Å². The summed E-state index contributed by atoms with van der Waals surface area (Å²) in [7, 11) is 0. The summed E-state index contributed by atoms with van der Waals surface area (Å²) in [6.45, 7) is 12.3. The third-order valence-electron chi connectivity index (χ3n) is 4.54. The summed E-state index contributed by atoms with van der Waals surface area (Å²) in [5.74, 6) is 0.772. The van der Waals surface area contributed by atoms with Crippen molar-refractivity contribution in [2.45, 2.75) is 52.0 Å². The van der Waals surface area contributed by atoms with Gasteiger partial charge in [-0.1, -0.05) is 19.8 Å². The molecule has 0 amide bonds. The zero-order valence-corrected chi connectivity index (χ0v) is 13.7. The highest BCUT2D eigenvalue weighted by Gasteiger charge is 2.38. The Hall–Kier alpha value is -0.160. The molecule has 1 saturated carbocycles. The highest BCUT2D eigenvalue weighted by atomic mass is 16.5. The lowest BCUT2D eigenvalue weighted by Crippen LogP contribution is -2.57. The summed E-state index contributed by atoms with van der Waals surface area (Å²) < 4.78 is 11.1. The number of hydrogen-bond acceptors (Lipinski definition) is 4. The summed E-state index contributed by atoms with van der Waals surface area (Å²) in [5, 5.41) is 0. The molecule has 1 fully saturated rings. The Labute approximate surface area is 125 Å². The van der Waals surface area contributed by atoms with Crippen LogP contribution in [0.15, 0.2) is 0 Å². The van der Waals surface area contributed by atoms with E-state index in [0.29, 0.717) is 0 Å². The van der Waals surface area contributed by atoms with E-state index < -0.39 is 0 Å². The van der Waals surface area contributed by atoms with E-state index in [2.05, 4.69) is 11.8 Å². The highest BCUT2D eigenvalue weighted by molar-refractivity contribution is 4.96. The SMILES string of the molecule is CCOCCN(CCOCC)C1(CN)CCCC(C)C1. The van der Waals surface area contributed by atoms with E-state index in [1.165, 1.54) is 25.7 Å². The minimum absolute atomic E-state index is 0.159. The number of nitrogens with zero attached hydrogens (tertiary/aromatic N) is 1. The number of hydrogen-bond donors (Lipinski definition) is 1. The van der Waals surface area contributed by atoms with Crippen molar-refractivity contribution < 1.29 is 9.47 Å². The van der Waals surface area contributed by atoms with Crippen molar-refractivity contribution in [3.63, 3.8) is 0 Å². The minimum Gasteiger partial charge on any atom is -0.380 e. The quantitative estimate of drug-likeness (QED) is 0.626. The normalized spacial score (nSPS) is 27.1. The zero-order valence-electron chi connectivity index (χ0n) is 13.7. The van der Waals surface area contributed by atoms with Crippen molar-refractivity contribution in [1.82, 2.24) is 4.90 Å². The van der Waals surface area contributed by atoms with Gasteiger partial charge in [0.25, 0.3) is 0 Å². The van der Waals surface area contributed by atoms with Crippen LogP contribution in [0.25, 0.3) is 0 Å². The third kappa shape index (κ3) is 5.32. The molecular weight excluding hydrogens is 252 g/mol. The fourth-order valence-electron chi connectivity index (χ4n) is 3.46. The third-order valence-corrected chi connectivity index (χ3v) is 4.54. The molecule has 4 heteroatoms. The summed E-state index contributed by atoms with van der Waals surface area (Å²) >= 11 is 0. The minimum atomic E-state index is 0.159. The van der Waals surface area contributed by atoms with Crippen molar-refractivity contribution in [3.05, 3.63) is 0 Å². The molecule has 1 rings (SSSR count). The van der Waals surface area contributed by atoms with Crippen molar-refractivity contribution in [3.8, 4) is 0 Å².